The predicted molar refractivity (Wildman–Crippen MR) is 78.3 cm³/mol. The van der Waals surface area contributed by atoms with Gasteiger partial charge in [-0.25, -0.2) is 0 Å². The van der Waals surface area contributed by atoms with Crippen LogP contribution in [-0.2, 0) is 9.59 Å². The maximum absolute atomic E-state index is 12.3. The molecule has 0 saturated carbocycles. The number of hydrogen-bond donors (Lipinski definition) is 0. The number of alkyl halides is 3. The molecule has 1 saturated heterocycles. The van der Waals surface area contributed by atoms with Gasteiger partial charge in [-0.15, -0.1) is 0 Å². The monoisotopic (exact) mass is 378 g/mol. The quantitative estimate of drug-likeness (QED) is 0.811. The third-order valence-electron chi connectivity index (χ3n) is 3.39. The first-order chi connectivity index (χ1) is 10.2. The molecule has 1 fully saturated rings. The third-order valence-corrected chi connectivity index (χ3v) is 3.88. The van der Waals surface area contributed by atoms with Gasteiger partial charge in [0.2, 0.25) is 11.8 Å². The first-order valence-electron chi connectivity index (χ1n) is 6.55. The minimum Gasteiger partial charge on any atom is -0.336 e. The molecule has 0 bridgehead atoms. The molecule has 0 N–H and O–H groups in total. The molecule has 4 nitrogen and oxygen atoms in total. The summed E-state index contributed by atoms with van der Waals surface area (Å²) in [6.45, 7) is -1.22. The molecule has 8 heteroatoms. The van der Waals surface area contributed by atoms with Gasteiger partial charge in [0.1, 0.15) is 6.54 Å². The van der Waals surface area contributed by atoms with Crippen molar-refractivity contribution in [2.24, 2.45) is 5.92 Å². The van der Waals surface area contributed by atoms with E-state index in [0.717, 1.165) is 11.5 Å². The summed E-state index contributed by atoms with van der Waals surface area (Å²) in [7, 11) is 1.10. The van der Waals surface area contributed by atoms with Gasteiger partial charge in [-0.2, -0.15) is 13.2 Å². The highest BCUT2D eigenvalue weighted by molar-refractivity contribution is 9.10. The number of amides is 2. The van der Waals surface area contributed by atoms with Crippen molar-refractivity contribution in [3.63, 3.8) is 0 Å². The second-order valence-electron chi connectivity index (χ2n) is 5.19. The van der Waals surface area contributed by atoms with Crippen molar-refractivity contribution in [3.05, 3.63) is 28.7 Å². The number of carbonyl (C=O) groups excluding carboxylic acids is 2. The predicted octanol–water partition coefficient (Wildman–Crippen LogP) is 2.82. The Morgan fingerprint density at radius 1 is 1.45 bits per heavy atom. The summed E-state index contributed by atoms with van der Waals surface area (Å²) in [5, 5.41) is 0. The molecule has 0 spiro atoms. The third kappa shape index (κ3) is 4.00. The summed E-state index contributed by atoms with van der Waals surface area (Å²) >= 11 is 3.29. The Morgan fingerprint density at radius 2 is 2.14 bits per heavy atom. The largest absolute Gasteiger partial charge is 0.406 e. The van der Waals surface area contributed by atoms with E-state index in [-0.39, 0.29) is 18.9 Å². The van der Waals surface area contributed by atoms with Crippen molar-refractivity contribution in [3.8, 4) is 0 Å². The minimum absolute atomic E-state index is 0.0758. The molecule has 0 aromatic heterocycles. The van der Waals surface area contributed by atoms with E-state index in [0.29, 0.717) is 10.6 Å². The highest BCUT2D eigenvalue weighted by atomic mass is 79.9. The van der Waals surface area contributed by atoms with Crippen LogP contribution in [0.3, 0.4) is 0 Å². The number of hydrogen-bond acceptors (Lipinski definition) is 2. The van der Waals surface area contributed by atoms with Crippen LogP contribution < -0.4 is 4.90 Å². The highest BCUT2D eigenvalue weighted by Crippen LogP contribution is 2.28. The van der Waals surface area contributed by atoms with Crippen molar-refractivity contribution in [1.29, 1.82) is 0 Å². The molecule has 1 heterocycles. The summed E-state index contributed by atoms with van der Waals surface area (Å²) in [6, 6.07) is 6.99. The summed E-state index contributed by atoms with van der Waals surface area (Å²) < 4.78 is 37.8. The zero-order valence-corrected chi connectivity index (χ0v) is 13.3. The van der Waals surface area contributed by atoms with Gasteiger partial charge in [0.15, 0.2) is 0 Å². The average molecular weight is 379 g/mol. The first-order valence-corrected chi connectivity index (χ1v) is 7.34. The topological polar surface area (TPSA) is 40.6 Å². The van der Waals surface area contributed by atoms with Gasteiger partial charge in [0, 0.05) is 30.2 Å². The Bertz CT molecular complexity index is 592. The summed E-state index contributed by atoms with van der Waals surface area (Å²) in [5.41, 5.74) is 0.619. The zero-order chi connectivity index (χ0) is 16.5. The molecule has 1 aromatic rings. The van der Waals surface area contributed by atoms with Crippen LogP contribution in [0.15, 0.2) is 28.7 Å². The summed E-state index contributed by atoms with van der Waals surface area (Å²) in [5.74, 6) is -1.68. The Labute approximate surface area is 134 Å². The van der Waals surface area contributed by atoms with E-state index in [2.05, 4.69) is 15.9 Å². The maximum Gasteiger partial charge on any atom is 0.406 e. The van der Waals surface area contributed by atoms with Crippen LogP contribution in [0.1, 0.15) is 6.42 Å². The standard InChI is InChI=1S/C14H14BrF3N2O2/c1-19(8-14(16,17)18)13(22)9-5-12(21)20(7-9)11-4-2-3-10(15)6-11/h2-4,6,9H,5,7-8H2,1H3. The fourth-order valence-electron chi connectivity index (χ4n) is 2.43. The van der Waals surface area contributed by atoms with Crippen molar-refractivity contribution in [1.82, 2.24) is 4.90 Å². The number of nitrogens with zero attached hydrogens (tertiary/aromatic N) is 2. The van der Waals surface area contributed by atoms with E-state index in [9.17, 15) is 22.8 Å². The number of halogens is 4. The second kappa shape index (κ2) is 6.28. The van der Waals surface area contributed by atoms with Crippen LogP contribution in [0.2, 0.25) is 0 Å². The van der Waals surface area contributed by atoms with Crippen molar-refractivity contribution in [2.75, 3.05) is 25.0 Å². The Kier molecular flexibility index (Phi) is 4.79. The molecule has 1 unspecified atom stereocenters. The van der Waals surface area contributed by atoms with Gasteiger partial charge in [0.05, 0.1) is 5.92 Å². The van der Waals surface area contributed by atoms with Crippen LogP contribution in [0.4, 0.5) is 18.9 Å². The van der Waals surface area contributed by atoms with Crippen molar-refractivity contribution < 1.29 is 22.8 Å². The smallest absolute Gasteiger partial charge is 0.336 e. The van der Waals surface area contributed by atoms with E-state index in [1.54, 1.807) is 24.3 Å². The summed E-state index contributed by atoms with van der Waals surface area (Å²) in [6.07, 6.45) is -4.52. The van der Waals surface area contributed by atoms with E-state index < -0.39 is 24.5 Å². The van der Waals surface area contributed by atoms with Gasteiger partial charge < -0.3 is 9.80 Å². The number of carbonyl (C=O) groups is 2. The molecule has 1 aromatic carbocycles. The van der Waals surface area contributed by atoms with Crippen molar-refractivity contribution >= 4 is 33.4 Å². The molecule has 1 aliphatic heterocycles. The lowest BCUT2D eigenvalue weighted by molar-refractivity contribution is -0.160. The SMILES string of the molecule is CN(CC(F)(F)F)C(=O)C1CC(=O)N(c2cccc(Br)c2)C1. The number of rotatable bonds is 3. The van der Waals surface area contributed by atoms with Gasteiger partial charge in [0.25, 0.3) is 0 Å². The Balaban J connectivity index is 2.07. The van der Waals surface area contributed by atoms with E-state index in [4.69, 9.17) is 0 Å². The molecule has 22 heavy (non-hydrogen) atoms. The average Bonchev–Trinajstić information content (AvgIpc) is 2.78. The van der Waals surface area contributed by atoms with E-state index in [1.165, 1.54) is 4.90 Å². The second-order valence-corrected chi connectivity index (χ2v) is 6.11. The zero-order valence-electron chi connectivity index (χ0n) is 11.7. The van der Waals surface area contributed by atoms with Gasteiger partial charge in [-0.3, -0.25) is 9.59 Å². The molecule has 0 radical (unpaired) electrons. The highest BCUT2D eigenvalue weighted by Gasteiger charge is 2.39. The Morgan fingerprint density at radius 3 is 2.73 bits per heavy atom. The van der Waals surface area contributed by atoms with Crippen LogP contribution in [0.5, 0.6) is 0 Å². The molecule has 0 aliphatic carbocycles. The lowest BCUT2D eigenvalue weighted by Crippen LogP contribution is -2.40. The maximum atomic E-state index is 12.3. The molecular weight excluding hydrogens is 365 g/mol. The van der Waals surface area contributed by atoms with Crippen LogP contribution in [-0.4, -0.2) is 43.0 Å². The van der Waals surface area contributed by atoms with Crippen LogP contribution >= 0.6 is 15.9 Å². The normalized spacial score (nSPS) is 18.7. The molecular formula is C14H14BrF3N2O2. The van der Waals surface area contributed by atoms with Gasteiger partial charge >= 0.3 is 6.18 Å². The van der Waals surface area contributed by atoms with Gasteiger partial charge in [-0.05, 0) is 18.2 Å². The van der Waals surface area contributed by atoms with E-state index >= 15 is 0 Å². The molecule has 1 atom stereocenters. The summed E-state index contributed by atoms with van der Waals surface area (Å²) in [4.78, 5) is 26.1. The van der Waals surface area contributed by atoms with Gasteiger partial charge in [-0.1, -0.05) is 22.0 Å². The van der Waals surface area contributed by atoms with Crippen LogP contribution in [0.25, 0.3) is 0 Å². The van der Waals surface area contributed by atoms with E-state index in [1.807, 2.05) is 0 Å². The molecule has 2 rings (SSSR count). The van der Waals surface area contributed by atoms with Crippen molar-refractivity contribution in [2.45, 2.75) is 12.6 Å². The first kappa shape index (κ1) is 16.8. The Hall–Kier alpha value is -1.57. The fourth-order valence-corrected chi connectivity index (χ4v) is 2.81. The number of anilines is 1. The fraction of sp³-hybridized carbons (Fsp3) is 0.429. The minimum atomic E-state index is -4.45. The molecule has 120 valence electrons. The van der Waals surface area contributed by atoms with Crippen LogP contribution in [0, 0.1) is 5.92 Å². The number of benzene rings is 1. The lowest BCUT2D eigenvalue weighted by atomic mass is 10.1. The molecule has 1 aliphatic rings. The lowest BCUT2D eigenvalue weighted by Gasteiger charge is -2.22. The molecule has 2 amide bonds.